The van der Waals surface area contributed by atoms with Crippen LogP contribution in [0.1, 0.15) is 33.1 Å². The smallest absolute Gasteiger partial charge is 0.0192 e. The van der Waals surface area contributed by atoms with E-state index in [0.717, 1.165) is 0 Å². The Labute approximate surface area is 100.0 Å². The van der Waals surface area contributed by atoms with Crippen molar-refractivity contribution in [2.75, 3.05) is 33.2 Å². The summed E-state index contributed by atoms with van der Waals surface area (Å²) in [6.45, 7) is 9.53. The molecule has 1 aliphatic carbocycles. The molecule has 2 aliphatic rings. The van der Waals surface area contributed by atoms with Crippen LogP contribution in [0.15, 0.2) is 0 Å². The summed E-state index contributed by atoms with van der Waals surface area (Å²) in [4.78, 5) is 5.07. The minimum Gasteiger partial charge on any atom is -0.327 e. The molecule has 0 aromatic carbocycles. The molecule has 0 bridgehead atoms. The van der Waals surface area contributed by atoms with Crippen molar-refractivity contribution in [3.05, 3.63) is 0 Å². The van der Waals surface area contributed by atoms with Crippen LogP contribution in [0.5, 0.6) is 0 Å². The van der Waals surface area contributed by atoms with Crippen LogP contribution in [0.3, 0.4) is 0 Å². The van der Waals surface area contributed by atoms with Crippen LogP contribution >= 0.6 is 0 Å². The summed E-state index contributed by atoms with van der Waals surface area (Å²) in [6.07, 6.45) is 3.86. The quantitative estimate of drug-likeness (QED) is 0.765. The van der Waals surface area contributed by atoms with Crippen LogP contribution in [0.25, 0.3) is 0 Å². The molecule has 0 aromatic heterocycles. The van der Waals surface area contributed by atoms with Gasteiger partial charge in [-0.15, -0.1) is 0 Å². The minimum absolute atomic E-state index is 0.371. The number of nitrogens with two attached hydrogens (primary N) is 1. The Morgan fingerprint density at radius 1 is 1.38 bits per heavy atom. The maximum absolute atomic E-state index is 6.26. The van der Waals surface area contributed by atoms with Gasteiger partial charge in [0.25, 0.3) is 0 Å². The van der Waals surface area contributed by atoms with Gasteiger partial charge in [-0.2, -0.15) is 0 Å². The summed E-state index contributed by atoms with van der Waals surface area (Å²) in [5, 5.41) is 0. The summed E-state index contributed by atoms with van der Waals surface area (Å²) >= 11 is 0. The van der Waals surface area contributed by atoms with Crippen molar-refractivity contribution < 1.29 is 0 Å². The fraction of sp³-hybridized carbons (Fsp3) is 1.00. The van der Waals surface area contributed by atoms with Gasteiger partial charge in [-0.3, -0.25) is 4.90 Å². The number of likely N-dealkylation sites (N-methyl/N-ethyl adjacent to an activating group) is 1. The first kappa shape index (κ1) is 12.3. The standard InChI is InChI=1S/C13H27N3/c1-11-9-16(8-7-15(11)3)10-13(2)6-4-5-12(13)14/h11-12H,4-10,14H2,1-3H3. The van der Waals surface area contributed by atoms with E-state index >= 15 is 0 Å². The van der Waals surface area contributed by atoms with E-state index in [9.17, 15) is 0 Å². The fourth-order valence-electron chi connectivity index (χ4n) is 3.23. The lowest BCUT2D eigenvalue weighted by atomic mass is 9.84. The molecule has 0 aromatic rings. The second kappa shape index (κ2) is 4.63. The van der Waals surface area contributed by atoms with Crippen LogP contribution in [0, 0.1) is 5.41 Å². The van der Waals surface area contributed by atoms with E-state index in [-0.39, 0.29) is 0 Å². The third-order valence-electron chi connectivity index (χ3n) is 4.79. The molecule has 94 valence electrons. The molecule has 16 heavy (non-hydrogen) atoms. The van der Waals surface area contributed by atoms with E-state index < -0.39 is 0 Å². The zero-order chi connectivity index (χ0) is 11.8. The predicted molar refractivity (Wildman–Crippen MR) is 68.5 cm³/mol. The number of rotatable bonds is 2. The third-order valence-corrected chi connectivity index (χ3v) is 4.79. The van der Waals surface area contributed by atoms with E-state index in [1.807, 2.05) is 0 Å². The van der Waals surface area contributed by atoms with Gasteiger partial charge in [0.1, 0.15) is 0 Å². The molecule has 3 heteroatoms. The van der Waals surface area contributed by atoms with Gasteiger partial charge < -0.3 is 10.6 Å². The Morgan fingerprint density at radius 2 is 2.12 bits per heavy atom. The van der Waals surface area contributed by atoms with Crippen molar-refractivity contribution in [2.24, 2.45) is 11.1 Å². The molecule has 0 spiro atoms. The van der Waals surface area contributed by atoms with Gasteiger partial charge in [0.15, 0.2) is 0 Å². The number of piperazine rings is 1. The van der Waals surface area contributed by atoms with Crippen LogP contribution in [0.4, 0.5) is 0 Å². The van der Waals surface area contributed by atoms with E-state index in [2.05, 4.69) is 30.7 Å². The zero-order valence-electron chi connectivity index (χ0n) is 11.1. The highest BCUT2D eigenvalue weighted by atomic mass is 15.3. The lowest BCUT2D eigenvalue weighted by Crippen LogP contribution is -2.54. The molecule has 2 N–H and O–H groups in total. The number of hydrogen-bond donors (Lipinski definition) is 1. The van der Waals surface area contributed by atoms with Crippen molar-refractivity contribution >= 4 is 0 Å². The fourth-order valence-corrected chi connectivity index (χ4v) is 3.23. The van der Waals surface area contributed by atoms with Crippen molar-refractivity contribution in [1.29, 1.82) is 0 Å². The van der Waals surface area contributed by atoms with Crippen molar-refractivity contribution in [1.82, 2.24) is 9.80 Å². The van der Waals surface area contributed by atoms with Crippen LogP contribution < -0.4 is 5.73 Å². The summed E-state index contributed by atoms with van der Waals surface area (Å²) in [5.41, 5.74) is 6.63. The lowest BCUT2D eigenvalue weighted by Gasteiger charge is -2.42. The number of nitrogens with zero attached hydrogens (tertiary/aromatic N) is 2. The average molecular weight is 225 g/mol. The molecular weight excluding hydrogens is 198 g/mol. The average Bonchev–Trinajstić information content (AvgIpc) is 2.53. The molecule has 1 saturated heterocycles. The Bertz CT molecular complexity index is 243. The van der Waals surface area contributed by atoms with Crippen LogP contribution in [-0.4, -0.2) is 55.1 Å². The van der Waals surface area contributed by atoms with Gasteiger partial charge in [0.2, 0.25) is 0 Å². The molecule has 1 heterocycles. The van der Waals surface area contributed by atoms with Gasteiger partial charge in [0, 0.05) is 38.3 Å². The van der Waals surface area contributed by atoms with E-state index in [1.165, 1.54) is 45.4 Å². The third kappa shape index (κ3) is 2.41. The largest absolute Gasteiger partial charge is 0.327 e. The van der Waals surface area contributed by atoms with E-state index in [1.54, 1.807) is 0 Å². The normalized spacial score (nSPS) is 42.8. The van der Waals surface area contributed by atoms with Crippen LogP contribution in [-0.2, 0) is 0 Å². The van der Waals surface area contributed by atoms with Gasteiger partial charge in [-0.1, -0.05) is 13.3 Å². The van der Waals surface area contributed by atoms with E-state index in [0.29, 0.717) is 17.5 Å². The maximum Gasteiger partial charge on any atom is 0.0192 e. The monoisotopic (exact) mass is 225 g/mol. The molecule has 3 unspecified atom stereocenters. The highest BCUT2D eigenvalue weighted by molar-refractivity contribution is 4.94. The first-order valence-electron chi connectivity index (χ1n) is 6.69. The van der Waals surface area contributed by atoms with Crippen molar-refractivity contribution in [3.63, 3.8) is 0 Å². The zero-order valence-corrected chi connectivity index (χ0v) is 11.1. The number of hydrogen-bond acceptors (Lipinski definition) is 3. The Morgan fingerprint density at radius 3 is 2.69 bits per heavy atom. The highest BCUT2D eigenvalue weighted by Gasteiger charge is 2.38. The molecule has 2 fully saturated rings. The van der Waals surface area contributed by atoms with Gasteiger partial charge in [-0.25, -0.2) is 0 Å². The Balaban J connectivity index is 1.90. The first-order valence-corrected chi connectivity index (χ1v) is 6.69. The Hall–Kier alpha value is -0.120. The minimum atomic E-state index is 0.371. The maximum atomic E-state index is 6.26. The summed E-state index contributed by atoms with van der Waals surface area (Å²) in [5.74, 6) is 0. The molecular formula is C13H27N3. The molecule has 2 rings (SSSR count). The first-order chi connectivity index (χ1) is 7.51. The van der Waals surface area contributed by atoms with E-state index in [4.69, 9.17) is 5.73 Å². The summed E-state index contributed by atoms with van der Waals surface area (Å²) in [7, 11) is 2.23. The highest BCUT2D eigenvalue weighted by Crippen LogP contribution is 2.37. The second-order valence-corrected chi connectivity index (χ2v) is 6.22. The molecule has 1 aliphatic heterocycles. The molecule has 3 atom stereocenters. The van der Waals surface area contributed by atoms with Gasteiger partial charge >= 0.3 is 0 Å². The molecule has 3 nitrogen and oxygen atoms in total. The summed E-state index contributed by atoms with van der Waals surface area (Å²) < 4.78 is 0. The van der Waals surface area contributed by atoms with Crippen molar-refractivity contribution in [2.45, 2.75) is 45.2 Å². The lowest BCUT2D eigenvalue weighted by molar-refractivity contribution is 0.0667. The van der Waals surface area contributed by atoms with Crippen LogP contribution in [0.2, 0.25) is 0 Å². The molecule has 0 amide bonds. The van der Waals surface area contributed by atoms with Gasteiger partial charge in [0.05, 0.1) is 0 Å². The van der Waals surface area contributed by atoms with Crippen molar-refractivity contribution in [3.8, 4) is 0 Å². The predicted octanol–water partition coefficient (Wildman–Crippen LogP) is 1.14. The SMILES string of the molecule is CC1CN(CC2(C)CCCC2N)CCN1C. The Kier molecular flexibility index (Phi) is 3.57. The summed E-state index contributed by atoms with van der Waals surface area (Å²) in [6, 6.07) is 1.11. The molecule has 1 saturated carbocycles. The second-order valence-electron chi connectivity index (χ2n) is 6.22. The molecule has 0 radical (unpaired) electrons. The topological polar surface area (TPSA) is 32.5 Å². The van der Waals surface area contributed by atoms with Gasteiger partial charge in [-0.05, 0) is 32.2 Å².